The summed E-state index contributed by atoms with van der Waals surface area (Å²) in [7, 11) is 1.66. The van der Waals surface area contributed by atoms with Crippen molar-refractivity contribution < 1.29 is 9.47 Å². The molecule has 1 aromatic rings. The highest BCUT2D eigenvalue weighted by Gasteiger charge is 1.99. The van der Waals surface area contributed by atoms with Crippen LogP contribution < -0.4 is 10.5 Å². The van der Waals surface area contributed by atoms with Crippen molar-refractivity contribution in [3.63, 3.8) is 0 Å². The van der Waals surface area contributed by atoms with Gasteiger partial charge in [0.05, 0.1) is 20.3 Å². The van der Waals surface area contributed by atoms with Gasteiger partial charge in [-0.3, -0.25) is 0 Å². The summed E-state index contributed by atoms with van der Waals surface area (Å²) in [4.78, 5) is 0. The van der Waals surface area contributed by atoms with Gasteiger partial charge < -0.3 is 15.2 Å². The maximum Gasteiger partial charge on any atom is 0.118 e. The molecule has 0 unspecified atom stereocenters. The SMILES string of the molecule is COc1ccc(COC[C@H](C)CN)cc1. The predicted molar refractivity (Wildman–Crippen MR) is 60.9 cm³/mol. The first-order valence-electron chi connectivity index (χ1n) is 5.17. The lowest BCUT2D eigenvalue weighted by Gasteiger charge is -2.09. The van der Waals surface area contributed by atoms with Gasteiger partial charge in [0.25, 0.3) is 0 Å². The van der Waals surface area contributed by atoms with Crippen molar-refractivity contribution in [2.45, 2.75) is 13.5 Å². The zero-order valence-corrected chi connectivity index (χ0v) is 9.40. The van der Waals surface area contributed by atoms with Crippen molar-refractivity contribution in [2.75, 3.05) is 20.3 Å². The van der Waals surface area contributed by atoms with E-state index in [1.807, 2.05) is 24.3 Å². The molecule has 0 bridgehead atoms. The fourth-order valence-corrected chi connectivity index (χ4v) is 1.17. The van der Waals surface area contributed by atoms with E-state index in [1.165, 1.54) is 0 Å². The molecule has 1 rings (SSSR count). The van der Waals surface area contributed by atoms with Crippen molar-refractivity contribution in [2.24, 2.45) is 11.7 Å². The number of rotatable bonds is 6. The molecule has 1 aromatic carbocycles. The number of nitrogens with two attached hydrogens (primary N) is 1. The normalized spacial score (nSPS) is 12.5. The molecular formula is C12H19NO2. The summed E-state index contributed by atoms with van der Waals surface area (Å²) in [6.45, 7) is 4.09. The Morgan fingerprint density at radius 3 is 2.47 bits per heavy atom. The van der Waals surface area contributed by atoms with Crippen LogP contribution in [0.25, 0.3) is 0 Å². The Kier molecular flexibility index (Phi) is 5.15. The molecule has 3 nitrogen and oxygen atoms in total. The van der Waals surface area contributed by atoms with Gasteiger partial charge >= 0.3 is 0 Å². The second-order valence-corrected chi connectivity index (χ2v) is 3.70. The van der Waals surface area contributed by atoms with Crippen molar-refractivity contribution in [3.8, 4) is 5.75 Å². The molecule has 0 aliphatic heterocycles. The molecule has 0 amide bonds. The van der Waals surface area contributed by atoms with E-state index >= 15 is 0 Å². The van der Waals surface area contributed by atoms with Gasteiger partial charge in [-0.2, -0.15) is 0 Å². The van der Waals surface area contributed by atoms with Crippen LogP contribution in [0.1, 0.15) is 12.5 Å². The van der Waals surface area contributed by atoms with Crippen LogP contribution in [0.2, 0.25) is 0 Å². The quantitative estimate of drug-likeness (QED) is 0.777. The van der Waals surface area contributed by atoms with Gasteiger partial charge in [-0.15, -0.1) is 0 Å². The largest absolute Gasteiger partial charge is 0.497 e. The maximum absolute atomic E-state index is 5.53. The lowest BCUT2D eigenvalue weighted by Crippen LogP contribution is -2.16. The third kappa shape index (κ3) is 4.32. The Bertz CT molecular complexity index is 271. The van der Waals surface area contributed by atoms with E-state index in [2.05, 4.69) is 6.92 Å². The van der Waals surface area contributed by atoms with Crippen LogP contribution in [0.4, 0.5) is 0 Å². The Balaban J connectivity index is 2.31. The summed E-state index contributed by atoms with van der Waals surface area (Å²) >= 11 is 0. The number of methoxy groups -OCH3 is 1. The van der Waals surface area contributed by atoms with E-state index in [1.54, 1.807) is 7.11 Å². The molecule has 84 valence electrons. The van der Waals surface area contributed by atoms with Gasteiger partial charge in [0.15, 0.2) is 0 Å². The average Bonchev–Trinajstić information content (AvgIpc) is 2.29. The van der Waals surface area contributed by atoms with Crippen LogP contribution in [-0.4, -0.2) is 20.3 Å². The van der Waals surface area contributed by atoms with Crippen LogP contribution in [0.5, 0.6) is 5.75 Å². The van der Waals surface area contributed by atoms with Crippen LogP contribution in [0.15, 0.2) is 24.3 Å². The standard InChI is InChI=1S/C12H19NO2/c1-10(7-13)8-15-9-11-3-5-12(14-2)6-4-11/h3-6,10H,7-9,13H2,1-2H3/t10-/m1/s1. The summed E-state index contributed by atoms with van der Waals surface area (Å²) in [6, 6.07) is 7.88. The van der Waals surface area contributed by atoms with Gasteiger partial charge in [0.1, 0.15) is 5.75 Å². The fraction of sp³-hybridized carbons (Fsp3) is 0.500. The monoisotopic (exact) mass is 209 g/mol. The molecule has 0 aliphatic rings. The van der Waals surface area contributed by atoms with Crippen LogP contribution in [-0.2, 0) is 11.3 Å². The Labute approximate surface area is 91.2 Å². The van der Waals surface area contributed by atoms with Crippen LogP contribution in [0.3, 0.4) is 0 Å². The highest BCUT2D eigenvalue weighted by atomic mass is 16.5. The van der Waals surface area contributed by atoms with Crippen molar-refractivity contribution in [3.05, 3.63) is 29.8 Å². The molecule has 3 heteroatoms. The highest BCUT2D eigenvalue weighted by molar-refractivity contribution is 5.26. The topological polar surface area (TPSA) is 44.5 Å². The molecule has 15 heavy (non-hydrogen) atoms. The molecule has 1 atom stereocenters. The third-order valence-corrected chi connectivity index (χ3v) is 2.23. The summed E-state index contributed by atoms with van der Waals surface area (Å²) in [5, 5.41) is 0. The fourth-order valence-electron chi connectivity index (χ4n) is 1.17. The van der Waals surface area contributed by atoms with E-state index < -0.39 is 0 Å². The van der Waals surface area contributed by atoms with E-state index in [9.17, 15) is 0 Å². The minimum Gasteiger partial charge on any atom is -0.497 e. The molecule has 0 saturated heterocycles. The highest BCUT2D eigenvalue weighted by Crippen LogP contribution is 2.12. The van der Waals surface area contributed by atoms with Crippen molar-refractivity contribution in [1.29, 1.82) is 0 Å². The molecular weight excluding hydrogens is 190 g/mol. The lowest BCUT2D eigenvalue weighted by molar-refractivity contribution is 0.0943. The smallest absolute Gasteiger partial charge is 0.118 e. The maximum atomic E-state index is 5.53. The van der Waals surface area contributed by atoms with E-state index in [0.29, 0.717) is 25.7 Å². The van der Waals surface area contributed by atoms with Gasteiger partial charge in [-0.25, -0.2) is 0 Å². The molecule has 0 heterocycles. The molecule has 2 N–H and O–H groups in total. The molecule has 0 spiro atoms. The molecule has 0 saturated carbocycles. The minimum atomic E-state index is 0.420. The molecule has 0 aliphatic carbocycles. The second kappa shape index (κ2) is 6.43. The Morgan fingerprint density at radius 1 is 1.27 bits per heavy atom. The van der Waals surface area contributed by atoms with Crippen LogP contribution >= 0.6 is 0 Å². The lowest BCUT2D eigenvalue weighted by atomic mass is 10.2. The number of ether oxygens (including phenoxy) is 2. The summed E-state index contributed by atoms with van der Waals surface area (Å²) < 4.78 is 10.6. The Hall–Kier alpha value is -1.06. The number of hydrogen-bond donors (Lipinski definition) is 1. The second-order valence-electron chi connectivity index (χ2n) is 3.70. The first-order valence-corrected chi connectivity index (χ1v) is 5.17. The van der Waals surface area contributed by atoms with Gasteiger partial charge in [-0.05, 0) is 30.2 Å². The van der Waals surface area contributed by atoms with Crippen molar-refractivity contribution in [1.82, 2.24) is 0 Å². The van der Waals surface area contributed by atoms with Gasteiger partial charge in [-0.1, -0.05) is 19.1 Å². The average molecular weight is 209 g/mol. The third-order valence-electron chi connectivity index (χ3n) is 2.23. The molecule has 0 aromatic heterocycles. The van der Waals surface area contributed by atoms with Crippen molar-refractivity contribution >= 4 is 0 Å². The number of hydrogen-bond acceptors (Lipinski definition) is 3. The number of benzene rings is 1. The first-order chi connectivity index (χ1) is 7.26. The van der Waals surface area contributed by atoms with E-state index in [0.717, 1.165) is 11.3 Å². The predicted octanol–water partition coefficient (Wildman–Crippen LogP) is 1.81. The zero-order valence-electron chi connectivity index (χ0n) is 9.40. The summed E-state index contributed by atoms with van der Waals surface area (Å²) in [5.74, 6) is 1.29. The summed E-state index contributed by atoms with van der Waals surface area (Å²) in [6.07, 6.45) is 0. The molecule has 0 fully saturated rings. The Morgan fingerprint density at radius 2 is 1.93 bits per heavy atom. The first kappa shape index (κ1) is 12.0. The van der Waals surface area contributed by atoms with Crippen LogP contribution in [0, 0.1) is 5.92 Å². The van der Waals surface area contributed by atoms with E-state index in [-0.39, 0.29) is 0 Å². The van der Waals surface area contributed by atoms with Gasteiger partial charge in [0.2, 0.25) is 0 Å². The zero-order chi connectivity index (χ0) is 11.1. The van der Waals surface area contributed by atoms with E-state index in [4.69, 9.17) is 15.2 Å². The molecule has 0 radical (unpaired) electrons. The summed E-state index contributed by atoms with van der Waals surface area (Å²) in [5.41, 5.74) is 6.65. The van der Waals surface area contributed by atoms with Gasteiger partial charge in [0, 0.05) is 0 Å². The minimum absolute atomic E-state index is 0.420.